The fraction of sp³-hybridized carbons (Fsp3) is 0.400. The van der Waals surface area contributed by atoms with E-state index < -0.39 is 0 Å². The molecule has 2 aromatic rings. The van der Waals surface area contributed by atoms with Crippen molar-refractivity contribution in [3.8, 4) is 0 Å². The molecule has 2 rings (SSSR count). The number of hydrogen-bond donors (Lipinski definition) is 2. The van der Waals surface area contributed by atoms with Crippen LogP contribution in [0, 0.1) is 13.8 Å². The molecule has 0 amide bonds. The normalized spacial score (nSPS) is 12.7. The smallest absolute Gasteiger partial charge is 0.0878 e. The second-order valence-corrected chi connectivity index (χ2v) is 4.98. The molecule has 0 aliphatic heterocycles. The number of nitrogens with zero attached hydrogens (tertiary/aromatic N) is 2. The van der Waals surface area contributed by atoms with Gasteiger partial charge >= 0.3 is 0 Å². The van der Waals surface area contributed by atoms with Crippen molar-refractivity contribution in [3.63, 3.8) is 0 Å². The number of nitrogens with two attached hydrogens (primary N) is 1. The van der Waals surface area contributed by atoms with Crippen LogP contribution < -0.4 is 11.3 Å². The minimum Gasteiger partial charge on any atom is -0.271 e. The van der Waals surface area contributed by atoms with Crippen LogP contribution in [-0.2, 0) is 13.5 Å². The predicted molar refractivity (Wildman–Crippen MR) is 77.7 cm³/mol. The van der Waals surface area contributed by atoms with Gasteiger partial charge in [0, 0.05) is 7.05 Å². The van der Waals surface area contributed by atoms with Gasteiger partial charge in [0.05, 0.1) is 17.4 Å². The third kappa shape index (κ3) is 2.69. The highest BCUT2D eigenvalue weighted by Crippen LogP contribution is 2.23. The van der Waals surface area contributed by atoms with E-state index in [0.717, 1.165) is 23.4 Å². The Labute approximate surface area is 114 Å². The van der Waals surface area contributed by atoms with Crippen LogP contribution in [0.1, 0.15) is 41.0 Å². The molecular weight excluding hydrogens is 236 g/mol. The van der Waals surface area contributed by atoms with E-state index >= 15 is 0 Å². The molecule has 0 saturated heterocycles. The molecule has 0 saturated carbocycles. The van der Waals surface area contributed by atoms with Crippen LogP contribution in [0.4, 0.5) is 0 Å². The number of aromatic nitrogens is 2. The molecule has 1 aromatic carbocycles. The summed E-state index contributed by atoms with van der Waals surface area (Å²) in [6.07, 6.45) is 0.929. The van der Waals surface area contributed by atoms with E-state index in [-0.39, 0.29) is 6.04 Å². The molecule has 3 N–H and O–H groups in total. The first kappa shape index (κ1) is 13.8. The van der Waals surface area contributed by atoms with Gasteiger partial charge in [0.15, 0.2) is 0 Å². The van der Waals surface area contributed by atoms with Gasteiger partial charge in [0.2, 0.25) is 0 Å². The van der Waals surface area contributed by atoms with E-state index in [2.05, 4.69) is 55.6 Å². The maximum absolute atomic E-state index is 5.75. The summed E-state index contributed by atoms with van der Waals surface area (Å²) in [6.45, 7) is 6.34. The second kappa shape index (κ2) is 5.55. The molecule has 0 aliphatic rings. The van der Waals surface area contributed by atoms with Gasteiger partial charge in [-0.15, -0.1) is 0 Å². The lowest BCUT2D eigenvalue weighted by Gasteiger charge is -2.17. The summed E-state index contributed by atoms with van der Waals surface area (Å²) >= 11 is 0. The molecule has 0 radical (unpaired) electrons. The van der Waals surface area contributed by atoms with Crippen molar-refractivity contribution in [2.24, 2.45) is 12.9 Å². The van der Waals surface area contributed by atoms with Gasteiger partial charge in [-0.05, 0) is 43.0 Å². The van der Waals surface area contributed by atoms with Gasteiger partial charge in [-0.2, -0.15) is 5.10 Å². The second-order valence-electron chi connectivity index (χ2n) is 4.98. The monoisotopic (exact) mass is 258 g/mol. The Balaban J connectivity index is 2.43. The van der Waals surface area contributed by atoms with Crippen molar-refractivity contribution in [2.45, 2.75) is 33.2 Å². The van der Waals surface area contributed by atoms with E-state index in [1.165, 1.54) is 11.1 Å². The number of nitrogens with one attached hydrogen (secondary N) is 1. The molecule has 1 aromatic heterocycles. The molecule has 4 nitrogen and oxygen atoms in total. The molecule has 1 unspecified atom stereocenters. The summed E-state index contributed by atoms with van der Waals surface area (Å²) in [4.78, 5) is 0. The van der Waals surface area contributed by atoms with Gasteiger partial charge in [0.25, 0.3) is 0 Å². The molecule has 19 heavy (non-hydrogen) atoms. The summed E-state index contributed by atoms with van der Waals surface area (Å²) in [6, 6.07) is 8.51. The summed E-state index contributed by atoms with van der Waals surface area (Å²) in [7, 11) is 1.96. The zero-order valence-electron chi connectivity index (χ0n) is 12.1. The van der Waals surface area contributed by atoms with Crippen molar-refractivity contribution in [1.29, 1.82) is 0 Å². The molecule has 0 aliphatic carbocycles. The van der Waals surface area contributed by atoms with Crippen molar-refractivity contribution < 1.29 is 0 Å². The molecule has 1 atom stereocenters. The van der Waals surface area contributed by atoms with Gasteiger partial charge in [-0.3, -0.25) is 10.5 Å². The summed E-state index contributed by atoms with van der Waals surface area (Å²) in [5.74, 6) is 5.75. The first-order chi connectivity index (χ1) is 9.06. The number of hydrogen-bond acceptors (Lipinski definition) is 3. The van der Waals surface area contributed by atoms with E-state index in [9.17, 15) is 0 Å². The molecule has 102 valence electrons. The summed E-state index contributed by atoms with van der Waals surface area (Å²) in [5.41, 5.74) is 8.80. The van der Waals surface area contributed by atoms with Gasteiger partial charge in [-0.1, -0.05) is 25.1 Å². The van der Waals surface area contributed by atoms with Crippen LogP contribution in [0.25, 0.3) is 0 Å². The highest BCUT2D eigenvalue weighted by molar-refractivity contribution is 5.35. The topological polar surface area (TPSA) is 55.9 Å². The minimum absolute atomic E-state index is 0.0305. The fourth-order valence-corrected chi connectivity index (χ4v) is 2.28. The zero-order chi connectivity index (χ0) is 14.0. The Bertz CT molecular complexity index is 572. The maximum Gasteiger partial charge on any atom is 0.0878 e. The van der Waals surface area contributed by atoms with Crippen LogP contribution in [0.5, 0.6) is 0 Å². The average molecular weight is 258 g/mol. The number of hydrazine groups is 1. The molecular formula is C15H22N4. The van der Waals surface area contributed by atoms with E-state index in [4.69, 9.17) is 5.84 Å². The molecule has 1 heterocycles. The Morgan fingerprint density at radius 1 is 1.26 bits per heavy atom. The van der Waals surface area contributed by atoms with Gasteiger partial charge < -0.3 is 0 Å². The molecule has 0 spiro atoms. The SMILES string of the molecule is CCc1cc(C(NN)c2ccc(C)c(C)c2)n(C)n1. The van der Waals surface area contributed by atoms with Crippen LogP contribution in [0.3, 0.4) is 0 Å². The fourth-order valence-electron chi connectivity index (χ4n) is 2.28. The number of rotatable bonds is 4. The van der Waals surface area contributed by atoms with Crippen molar-refractivity contribution in [3.05, 3.63) is 52.3 Å². The lowest BCUT2D eigenvalue weighted by Crippen LogP contribution is -2.30. The predicted octanol–water partition coefficient (Wildman–Crippen LogP) is 2.15. The van der Waals surface area contributed by atoms with Crippen LogP contribution in [0.2, 0.25) is 0 Å². The van der Waals surface area contributed by atoms with Gasteiger partial charge in [0.1, 0.15) is 0 Å². The average Bonchev–Trinajstić information content (AvgIpc) is 2.76. The Hall–Kier alpha value is -1.65. The quantitative estimate of drug-likeness (QED) is 0.652. The van der Waals surface area contributed by atoms with Crippen LogP contribution >= 0.6 is 0 Å². The van der Waals surface area contributed by atoms with Crippen molar-refractivity contribution in [2.75, 3.05) is 0 Å². The highest BCUT2D eigenvalue weighted by atomic mass is 15.3. The van der Waals surface area contributed by atoms with Crippen LogP contribution in [0.15, 0.2) is 24.3 Å². The standard InChI is InChI=1S/C15H22N4/c1-5-13-9-14(19(4)18-13)15(17-16)12-7-6-10(2)11(3)8-12/h6-9,15,17H,5,16H2,1-4H3. The first-order valence-electron chi connectivity index (χ1n) is 6.63. The largest absolute Gasteiger partial charge is 0.271 e. The molecule has 0 fully saturated rings. The molecule has 0 bridgehead atoms. The lowest BCUT2D eigenvalue weighted by molar-refractivity contribution is 0.573. The number of aryl methyl sites for hydroxylation is 4. The van der Waals surface area contributed by atoms with Crippen molar-refractivity contribution in [1.82, 2.24) is 15.2 Å². The highest BCUT2D eigenvalue weighted by Gasteiger charge is 2.17. The third-order valence-electron chi connectivity index (χ3n) is 3.66. The Kier molecular flexibility index (Phi) is 4.02. The first-order valence-corrected chi connectivity index (χ1v) is 6.63. The minimum atomic E-state index is -0.0305. The summed E-state index contributed by atoms with van der Waals surface area (Å²) in [5, 5.41) is 4.48. The van der Waals surface area contributed by atoms with Gasteiger partial charge in [-0.25, -0.2) is 5.43 Å². The third-order valence-corrected chi connectivity index (χ3v) is 3.66. The van der Waals surface area contributed by atoms with E-state index in [1.54, 1.807) is 0 Å². The summed E-state index contributed by atoms with van der Waals surface area (Å²) < 4.78 is 1.90. The van der Waals surface area contributed by atoms with Crippen molar-refractivity contribution >= 4 is 0 Å². The maximum atomic E-state index is 5.75. The van der Waals surface area contributed by atoms with E-state index in [0.29, 0.717) is 0 Å². The molecule has 4 heteroatoms. The number of benzene rings is 1. The van der Waals surface area contributed by atoms with E-state index in [1.807, 2.05) is 11.7 Å². The van der Waals surface area contributed by atoms with Crippen LogP contribution in [-0.4, -0.2) is 9.78 Å². The Morgan fingerprint density at radius 3 is 2.53 bits per heavy atom. The Morgan fingerprint density at radius 2 is 2.00 bits per heavy atom. The lowest BCUT2D eigenvalue weighted by atomic mass is 9.99. The zero-order valence-corrected chi connectivity index (χ0v) is 12.1.